The average molecular weight is 477 g/mol. The summed E-state index contributed by atoms with van der Waals surface area (Å²) < 4.78 is 19.1. The van der Waals surface area contributed by atoms with Crippen molar-refractivity contribution in [1.29, 1.82) is 4.78 Å². The van der Waals surface area contributed by atoms with E-state index in [1.807, 2.05) is 0 Å². The fourth-order valence-electron chi connectivity index (χ4n) is 2.71. The molecule has 0 saturated heterocycles. The minimum absolute atomic E-state index is 0.106. The monoisotopic (exact) mass is 476 g/mol. The van der Waals surface area contributed by atoms with E-state index < -0.39 is 21.5 Å². The van der Waals surface area contributed by atoms with Gasteiger partial charge >= 0.3 is 0 Å². The molecule has 1 unspecified atom stereocenters. The number of rotatable bonds is 6. The quantitative estimate of drug-likeness (QED) is 0.460. The summed E-state index contributed by atoms with van der Waals surface area (Å²) in [5.41, 5.74) is 1.47. The van der Waals surface area contributed by atoms with Crippen molar-refractivity contribution in [2.24, 2.45) is 0 Å². The number of hydrogen-bond donors (Lipinski definition) is 3. The van der Waals surface area contributed by atoms with Crippen molar-refractivity contribution in [3.05, 3.63) is 87.5 Å². The van der Waals surface area contributed by atoms with E-state index in [-0.39, 0.29) is 17.0 Å². The molecule has 0 bridgehead atoms. The summed E-state index contributed by atoms with van der Waals surface area (Å²) in [6, 6.07) is 14.1. The first kappa shape index (κ1) is 22.7. The Hall–Kier alpha value is -2.94. The number of carbonyl (C=O) groups is 2. The predicted molar refractivity (Wildman–Crippen MR) is 124 cm³/mol. The summed E-state index contributed by atoms with van der Waals surface area (Å²) in [6.07, 6.45) is 2.76. The first-order chi connectivity index (χ1) is 14.6. The molecule has 3 aromatic rings. The number of aromatic nitrogens is 1. The van der Waals surface area contributed by atoms with Crippen LogP contribution in [-0.4, -0.2) is 27.3 Å². The average Bonchev–Trinajstić information content (AvgIpc) is 2.70. The number of nitrogens with one attached hydrogen (secondary N) is 3. The van der Waals surface area contributed by atoms with Gasteiger partial charge in [-0.15, -0.1) is 0 Å². The lowest BCUT2D eigenvalue weighted by atomic mass is 10.1. The van der Waals surface area contributed by atoms with Crippen LogP contribution in [0.3, 0.4) is 0 Å². The van der Waals surface area contributed by atoms with Gasteiger partial charge in [0.15, 0.2) is 0 Å². The molecule has 2 amide bonds. The van der Waals surface area contributed by atoms with Crippen molar-refractivity contribution in [3.8, 4) is 0 Å². The third-order valence-corrected chi connectivity index (χ3v) is 5.44. The number of halogens is 2. The standard InChI is InChI=1S/C21H18Cl2N4O3S/c1-31(24,30)12-13-2-4-14(5-3-13)20(28)26-18-8-6-15(22)10-17(18)21(29)27-19-9-7-16(23)11-25-19/h2-11,24H,12H2,1H3,(H,26,28)(H,25,27,29). The van der Waals surface area contributed by atoms with Crippen LogP contribution in [0, 0.1) is 4.78 Å². The summed E-state index contributed by atoms with van der Waals surface area (Å²) in [5, 5.41) is 6.10. The summed E-state index contributed by atoms with van der Waals surface area (Å²) in [6.45, 7) is 0. The summed E-state index contributed by atoms with van der Waals surface area (Å²) in [4.78, 5) is 29.4. The van der Waals surface area contributed by atoms with Gasteiger partial charge in [0, 0.05) is 32.8 Å². The van der Waals surface area contributed by atoms with Gasteiger partial charge in [-0.2, -0.15) is 0 Å². The molecular weight excluding hydrogens is 459 g/mol. The Labute approximate surface area is 189 Å². The van der Waals surface area contributed by atoms with Gasteiger partial charge in [-0.05, 0) is 48.0 Å². The normalized spacial score (nSPS) is 12.6. The van der Waals surface area contributed by atoms with Crippen LogP contribution in [0.25, 0.3) is 0 Å². The second kappa shape index (κ2) is 9.47. The molecule has 160 valence electrons. The Morgan fingerprint density at radius 2 is 1.65 bits per heavy atom. The number of benzene rings is 2. The van der Waals surface area contributed by atoms with E-state index in [4.69, 9.17) is 28.0 Å². The van der Waals surface area contributed by atoms with Crippen molar-refractivity contribution < 1.29 is 13.8 Å². The Morgan fingerprint density at radius 3 is 2.26 bits per heavy atom. The highest BCUT2D eigenvalue weighted by atomic mass is 35.5. The Kier molecular flexibility index (Phi) is 6.94. The minimum Gasteiger partial charge on any atom is -0.321 e. The fourth-order valence-corrected chi connectivity index (χ4v) is 3.82. The molecule has 0 aliphatic carbocycles. The molecule has 3 N–H and O–H groups in total. The number of carbonyl (C=O) groups excluding carboxylic acids is 2. The van der Waals surface area contributed by atoms with Crippen molar-refractivity contribution >= 4 is 56.3 Å². The van der Waals surface area contributed by atoms with Gasteiger partial charge in [-0.3, -0.25) is 14.4 Å². The fraction of sp³-hybridized carbons (Fsp3) is 0.0952. The van der Waals surface area contributed by atoms with Crippen LogP contribution < -0.4 is 10.6 Å². The lowest BCUT2D eigenvalue weighted by Crippen LogP contribution is -2.18. The molecule has 1 atom stereocenters. The van der Waals surface area contributed by atoms with Gasteiger partial charge in [-0.25, -0.2) is 9.19 Å². The highest BCUT2D eigenvalue weighted by Gasteiger charge is 2.16. The molecule has 3 rings (SSSR count). The van der Waals surface area contributed by atoms with E-state index in [0.717, 1.165) is 0 Å². The SMILES string of the molecule is CS(=N)(=O)Cc1ccc(C(=O)Nc2ccc(Cl)cc2C(=O)Nc2ccc(Cl)cn2)cc1. The van der Waals surface area contributed by atoms with E-state index in [2.05, 4.69) is 15.6 Å². The zero-order valence-electron chi connectivity index (χ0n) is 16.3. The first-order valence-corrected chi connectivity index (χ1v) is 11.8. The number of anilines is 2. The highest BCUT2D eigenvalue weighted by Crippen LogP contribution is 2.23. The van der Waals surface area contributed by atoms with E-state index in [9.17, 15) is 13.8 Å². The van der Waals surface area contributed by atoms with Crippen LogP contribution in [0.15, 0.2) is 60.8 Å². The summed E-state index contributed by atoms with van der Waals surface area (Å²) in [5.74, 6) is -0.536. The second-order valence-electron chi connectivity index (χ2n) is 6.81. The molecule has 0 fully saturated rings. The molecular formula is C21H18Cl2N4O3S. The molecule has 1 heterocycles. The number of pyridine rings is 1. The van der Waals surface area contributed by atoms with Crippen molar-refractivity contribution in [3.63, 3.8) is 0 Å². The smallest absolute Gasteiger partial charge is 0.258 e. The van der Waals surface area contributed by atoms with Crippen LogP contribution in [0.1, 0.15) is 26.3 Å². The highest BCUT2D eigenvalue weighted by molar-refractivity contribution is 7.90. The zero-order chi connectivity index (χ0) is 22.6. The van der Waals surface area contributed by atoms with Crippen molar-refractivity contribution in [2.75, 3.05) is 16.9 Å². The van der Waals surface area contributed by atoms with Crippen molar-refractivity contribution in [2.45, 2.75) is 5.75 Å². The maximum Gasteiger partial charge on any atom is 0.258 e. The zero-order valence-corrected chi connectivity index (χ0v) is 18.6. The molecule has 0 radical (unpaired) electrons. The van der Waals surface area contributed by atoms with E-state index >= 15 is 0 Å². The molecule has 0 spiro atoms. The van der Waals surface area contributed by atoms with Gasteiger partial charge in [0.2, 0.25) is 0 Å². The Balaban J connectivity index is 1.79. The summed E-state index contributed by atoms with van der Waals surface area (Å²) in [7, 11) is -2.68. The third-order valence-electron chi connectivity index (χ3n) is 4.10. The lowest BCUT2D eigenvalue weighted by molar-refractivity contribution is 0.102. The van der Waals surface area contributed by atoms with Crippen LogP contribution in [0.5, 0.6) is 0 Å². The van der Waals surface area contributed by atoms with E-state index in [0.29, 0.717) is 27.0 Å². The molecule has 31 heavy (non-hydrogen) atoms. The van der Waals surface area contributed by atoms with E-state index in [1.165, 1.54) is 24.6 Å². The Bertz CT molecular complexity index is 1230. The van der Waals surface area contributed by atoms with Crippen molar-refractivity contribution in [1.82, 2.24) is 4.98 Å². The number of hydrogen-bond acceptors (Lipinski definition) is 5. The van der Waals surface area contributed by atoms with Gasteiger partial charge in [0.05, 0.1) is 22.0 Å². The molecule has 0 saturated carbocycles. The van der Waals surface area contributed by atoms with Crippen LogP contribution in [0.2, 0.25) is 10.0 Å². The number of amides is 2. The second-order valence-corrected chi connectivity index (χ2v) is 9.98. The van der Waals surface area contributed by atoms with E-state index in [1.54, 1.807) is 42.5 Å². The maximum absolute atomic E-state index is 12.7. The van der Waals surface area contributed by atoms with Crippen LogP contribution in [0.4, 0.5) is 11.5 Å². The molecule has 0 aliphatic rings. The Morgan fingerprint density at radius 1 is 0.968 bits per heavy atom. The maximum atomic E-state index is 12.7. The predicted octanol–water partition coefficient (Wildman–Crippen LogP) is 5.07. The largest absolute Gasteiger partial charge is 0.321 e. The third kappa shape index (κ3) is 6.52. The molecule has 10 heteroatoms. The van der Waals surface area contributed by atoms with Gasteiger partial charge in [0.1, 0.15) is 5.82 Å². The topological polar surface area (TPSA) is 112 Å². The molecule has 2 aromatic carbocycles. The van der Waals surface area contributed by atoms with Crippen LogP contribution in [-0.2, 0) is 15.5 Å². The molecule has 0 aliphatic heterocycles. The van der Waals surface area contributed by atoms with Gasteiger partial charge < -0.3 is 10.6 Å². The molecule has 1 aromatic heterocycles. The van der Waals surface area contributed by atoms with Gasteiger partial charge in [-0.1, -0.05) is 35.3 Å². The first-order valence-electron chi connectivity index (χ1n) is 8.95. The lowest BCUT2D eigenvalue weighted by Gasteiger charge is -2.12. The van der Waals surface area contributed by atoms with Gasteiger partial charge in [0.25, 0.3) is 11.8 Å². The number of nitrogens with zero attached hydrogens (tertiary/aromatic N) is 1. The minimum atomic E-state index is -2.68. The summed E-state index contributed by atoms with van der Waals surface area (Å²) >= 11 is 11.8. The van der Waals surface area contributed by atoms with Crippen LogP contribution >= 0.6 is 23.2 Å². The molecule has 7 nitrogen and oxygen atoms in total.